The number of nitrogens with one attached hydrogen (secondary N) is 1. The van der Waals surface area contributed by atoms with Crippen LogP contribution in [0.25, 0.3) is 11.2 Å². The van der Waals surface area contributed by atoms with Crippen LogP contribution >= 0.6 is 0 Å². The Morgan fingerprint density at radius 1 is 1.21 bits per heavy atom. The predicted molar refractivity (Wildman–Crippen MR) is 53.8 cm³/mol. The van der Waals surface area contributed by atoms with Crippen molar-refractivity contribution in [2.45, 2.75) is 0 Å². The van der Waals surface area contributed by atoms with E-state index in [2.05, 4.69) is 31.8 Å². The van der Waals surface area contributed by atoms with Gasteiger partial charge in [-0.15, -0.1) is 6.58 Å². The van der Waals surface area contributed by atoms with Crippen LogP contribution in [0, 0.1) is 0 Å². The number of anilines is 1. The van der Waals surface area contributed by atoms with E-state index in [0.717, 1.165) is 0 Å². The van der Waals surface area contributed by atoms with Crippen molar-refractivity contribution >= 4 is 17.0 Å². The quantitative estimate of drug-likeness (QED) is 0.727. The molecular formula is C9H9N5. The highest BCUT2D eigenvalue weighted by Gasteiger charge is 2.02. The standard InChI is InChI=1S/C9H9N5/c1-2-3-11-8-7-9(14-6-13-8)12-5-4-10-7/h2,4-6H,1,3H2,(H,11,12,13,14). The molecule has 0 aliphatic rings. The van der Waals surface area contributed by atoms with Gasteiger partial charge in [0.25, 0.3) is 0 Å². The fourth-order valence-corrected chi connectivity index (χ4v) is 1.09. The summed E-state index contributed by atoms with van der Waals surface area (Å²) < 4.78 is 0. The molecule has 5 nitrogen and oxygen atoms in total. The molecule has 70 valence electrons. The van der Waals surface area contributed by atoms with Gasteiger partial charge in [-0.25, -0.2) is 19.9 Å². The van der Waals surface area contributed by atoms with Crippen LogP contribution < -0.4 is 5.32 Å². The second kappa shape index (κ2) is 3.78. The lowest BCUT2D eigenvalue weighted by atomic mass is 10.4. The lowest BCUT2D eigenvalue weighted by Gasteiger charge is -2.03. The second-order valence-corrected chi connectivity index (χ2v) is 2.62. The van der Waals surface area contributed by atoms with Crippen molar-refractivity contribution in [2.75, 3.05) is 11.9 Å². The number of hydrogen-bond acceptors (Lipinski definition) is 5. The van der Waals surface area contributed by atoms with Crippen molar-refractivity contribution in [2.24, 2.45) is 0 Å². The molecule has 0 amide bonds. The number of rotatable bonds is 3. The van der Waals surface area contributed by atoms with Gasteiger partial charge in [-0.05, 0) is 0 Å². The van der Waals surface area contributed by atoms with Crippen LogP contribution in [0.1, 0.15) is 0 Å². The fourth-order valence-electron chi connectivity index (χ4n) is 1.09. The van der Waals surface area contributed by atoms with Crippen LogP contribution in [0.4, 0.5) is 5.82 Å². The monoisotopic (exact) mass is 187 g/mol. The first kappa shape index (κ1) is 8.55. The van der Waals surface area contributed by atoms with Crippen molar-refractivity contribution in [1.29, 1.82) is 0 Å². The summed E-state index contributed by atoms with van der Waals surface area (Å²) in [5.74, 6) is 0.683. The average molecular weight is 187 g/mol. The zero-order chi connectivity index (χ0) is 9.80. The Hall–Kier alpha value is -2.04. The van der Waals surface area contributed by atoms with Gasteiger partial charge in [0.1, 0.15) is 11.8 Å². The zero-order valence-corrected chi connectivity index (χ0v) is 7.51. The summed E-state index contributed by atoms with van der Waals surface area (Å²) >= 11 is 0. The second-order valence-electron chi connectivity index (χ2n) is 2.62. The summed E-state index contributed by atoms with van der Waals surface area (Å²) in [5.41, 5.74) is 1.27. The van der Waals surface area contributed by atoms with Crippen LogP contribution in [0.2, 0.25) is 0 Å². The molecule has 0 unspecified atom stereocenters. The summed E-state index contributed by atoms with van der Waals surface area (Å²) in [5, 5.41) is 3.07. The van der Waals surface area contributed by atoms with E-state index in [-0.39, 0.29) is 0 Å². The molecule has 5 heteroatoms. The molecule has 0 saturated heterocycles. The Labute approximate surface area is 80.9 Å². The topological polar surface area (TPSA) is 63.6 Å². The van der Waals surface area contributed by atoms with E-state index in [1.165, 1.54) is 6.33 Å². The number of hydrogen-bond donors (Lipinski definition) is 1. The minimum Gasteiger partial charge on any atom is -0.365 e. The van der Waals surface area contributed by atoms with Crippen molar-refractivity contribution in [3.05, 3.63) is 31.4 Å². The van der Waals surface area contributed by atoms with Crippen LogP contribution in [-0.2, 0) is 0 Å². The van der Waals surface area contributed by atoms with Crippen LogP contribution in [0.5, 0.6) is 0 Å². The van der Waals surface area contributed by atoms with E-state index in [1.54, 1.807) is 18.5 Å². The fraction of sp³-hybridized carbons (Fsp3) is 0.111. The van der Waals surface area contributed by atoms with Crippen molar-refractivity contribution < 1.29 is 0 Å². The summed E-state index contributed by atoms with van der Waals surface area (Å²) in [6.45, 7) is 4.26. The van der Waals surface area contributed by atoms with E-state index in [9.17, 15) is 0 Å². The molecule has 2 heterocycles. The summed E-state index contributed by atoms with van der Waals surface area (Å²) in [6, 6.07) is 0. The third-order valence-electron chi connectivity index (χ3n) is 1.68. The predicted octanol–water partition coefficient (Wildman–Crippen LogP) is 1.02. The van der Waals surface area contributed by atoms with Gasteiger partial charge >= 0.3 is 0 Å². The maximum Gasteiger partial charge on any atom is 0.183 e. The van der Waals surface area contributed by atoms with E-state index in [1.807, 2.05) is 0 Å². The van der Waals surface area contributed by atoms with Crippen molar-refractivity contribution in [3.8, 4) is 0 Å². The summed E-state index contributed by atoms with van der Waals surface area (Å²) in [7, 11) is 0. The van der Waals surface area contributed by atoms with E-state index in [4.69, 9.17) is 0 Å². The smallest absolute Gasteiger partial charge is 0.183 e. The van der Waals surface area contributed by atoms with Crippen molar-refractivity contribution in [3.63, 3.8) is 0 Å². The maximum atomic E-state index is 4.15. The first-order valence-electron chi connectivity index (χ1n) is 4.18. The molecule has 2 aromatic rings. The first-order valence-corrected chi connectivity index (χ1v) is 4.18. The van der Waals surface area contributed by atoms with Gasteiger partial charge in [0.05, 0.1) is 0 Å². The molecule has 14 heavy (non-hydrogen) atoms. The van der Waals surface area contributed by atoms with Gasteiger partial charge in [0, 0.05) is 18.9 Å². The minimum atomic E-state index is 0.592. The summed E-state index contributed by atoms with van der Waals surface area (Å²) in [6.07, 6.45) is 6.43. The number of aromatic nitrogens is 4. The molecule has 0 bridgehead atoms. The van der Waals surface area contributed by atoms with E-state index in [0.29, 0.717) is 23.5 Å². The first-order chi connectivity index (χ1) is 6.92. The Morgan fingerprint density at radius 2 is 2.07 bits per heavy atom. The highest BCUT2D eigenvalue weighted by molar-refractivity contribution is 5.81. The van der Waals surface area contributed by atoms with Crippen LogP contribution in [-0.4, -0.2) is 26.5 Å². The van der Waals surface area contributed by atoms with Gasteiger partial charge < -0.3 is 5.32 Å². The van der Waals surface area contributed by atoms with Gasteiger partial charge in [-0.3, -0.25) is 0 Å². The molecule has 2 aromatic heterocycles. The summed E-state index contributed by atoms with van der Waals surface area (Å²) in [4.78, 5) is 16.3. The average Bonchev–Trinajstić information content (AvgIpc) is 2.26. The van der Waals surface area contributed by atoms with Gasteiger partial charge in [-0.2, -0.15) is 0 Å². The van der Waals surface area contributed by atoms with Gasteiger partial charge in [-0.1, -0.05) is 6.08 Å². The molecule has 0 radical (unpaired) electrons. The highest BCUT2D eigenvalue weighted by Crippen LogP contribution is 2.12. The van der Waals surface area contributed by atoms with Crippen LogP contribution in [0.3, 0.4) is 0 Å². The van der Waals surface area contributed by atoms with Gasteiger partial charge in [0.15, 0.2) is 11.5 Å². The molecule has 0 aromatic carbocycles. The lowest BCUT2D eigenvalue weighted by Crippen LogP contribution is -2.02. The number of nitrogens with zero attached hydrogens (tertiary/aromatic N) is 4. The molecule has 2 rings (SSSR count). The molecule has 0 fully saturated rings. The third-order valence-corrected chi connectivity index (χ3v) is 1.68. The molecule has 0 atom stereocenters. The third kappa shape index (κ3) is 1.52. The normalized spacial score (nSPS) is 10.0. The zero-order valence-electron chi connectivity index (χ0n) is 7.51. The highest BCUT2D eigenvalue weighted by atomic mass is 15.0. The largest absolute Gasteiger partial charge is 0.365 e. The van der Waals surface area contributed by atoms with Crippen molar-refractivity contribution in [1.82, 2.24) is 19.9 Å². The molecule has 0 saturated carbocycles. The van der Waals surface area contributed by atoms with E-state index < -0.39 is 0 Å². The lowest BCUT2D eigenvalue weighted by molar-refractivity contribution is 1.13. The van der Waals surface area contributed by atoms with Crippen LogP contribution in [0.15, 0.2) is 31.4 Å². The Morgan fingerprint density at radius 3 is 2.93 bits per heavy atom. The number of fused-ring (bicyclic) bond motifs is 1. The van der Waals surface area contributed by atoms with Gasteiger partial charge in [0.2, 0.25) is 0 Å². The molecule has 0 aliphatic carbocycles. The molecule has 1 N–H and O–H groups in total. The maximum absolute atomic E-state index is 4.15. The molecule has 0 spiro atoms. The Bertz CT molecular complexity index is 448. The van der Waals surface area contributed by atoms with E-state index >= 15 is 0 Å². The minimum absolute atomic E-state index is 0.592. The Kier molecular flexibility index (Phi) is 2.31. The molecular weight excluding hydrogens is 178 g/mol. The Balaban J connectivity index is 2.48. The molecule has 0 aliphatic heterocycles. The SMILES string of the molecule is C=CCNc1ncnc2nccnc12.